The Hall–Kier alpha value is -2.46. The molecular weight excluding hydrogens is 380 g/mol. The Morgan fingerprint density at radius 3 is 1.84 bits per heavy atom. The second-order valence-corrected chi connectivity index (χ2v) is 8.39. The molecule has 162 valence electrons. The van der Waals surface area contributed by atoms with Gasteiger partial charge in [0.05, 0.1) is 13.3 Å². The van der Waals surface area contributed by atoms with E-state index in [1.54, 1.807) is 0 Å². The molecular formula is C28H34N2O. The Bertz CT molecular complexity index is 830. The molecule has 3 nitrogen and oxygen atoms in total. The van der Waals surface area contributed by atoms with Crippen LogP contribution in [0, 0.1) is 0 Å². The minimum Gasteiger partial charge on any atom is -0.367 e. The number of hydrogen-bond donors (Lipinski definition) is 0. The first-order chi connectivity index (χ1) is 15.4. The van der Waals surface area contributed by atoms with Gasteiger partial charge in [0.25, 0.3) is 0 Å². The molecule has 1 heterocycles. The van der Waals surface area contributed by atoms with E-state index in [-0.39, 0.29) is 6.10 Å². The molecule has 1 aliphatic rings. The van der Waals surface area contributed by atoms with Crippen LogP contribution in [0.25, 0.3) is 0 Å². The molecule has 0 spiro atoms. The number of hydrogen-bond acceptors (Lipinski definition) is 3. The average Bonchev–Trinajstić information content (AvgIpc) is 2.84. The van der Waals surface area contributed by atoms with Crippen molar-refractivity contribution in [2.24, 2.45) is 0 Å². The lowest BCUT2D eigenvalue weighted by Crippen LogP contribution is -2.46. The molecule has 0 bridgehead atoms. The molecule has 1 aliphatic heterocycles. The molecule has 0 aromatic heterocycles. The van der Waals surface area contributed by atoms with Gasteiger partial charge in [-0.05, 0) is 42.5 Å². The van der Waals surface area contributed by atoms with Gasteiger partial charge in [-0.25, -0.2) is 0 Å². The van der Waals surface area contributed by atoms with Gasteiger partial charge in [0.15, 0.2) is 0 Å². The van der Waals surface area contributed by atoms with Gasteiger partial charge in [0.2, 0.25) is 0 Å². The van der Waals surface area contributed by atoms with Crippen molar-refractivity contribution in [3.05, 3.63) is 108 Å². The van der Waals surface area contributed by atoms with Gasteiger partial charge < -0.3 is 4.74 Å². The molecule has 1 saturated heterocycles. The molecule has 0 atom stereocenters. The summed E-state index contributed by atoms with van der Waals surface area (Å²) in [5.41, 5.74) is 3.88. The minimum atomic E-state index is -0.00540. The normalized spacial score (nSPS) is 15.4. The van der Waals surface area contributed by atoms with E-state index in [1.165, 1.54) is 49.2 Å². The van der Waals surface area contributed by atoms with Gasteiger partial charge in [0.1, 0.15) is 6.10 Å². The van der Waals surface area contributed by atoms with Gasteiger partial charge in [-0.1, -0.05) is 91.0 Å². The highest BCUT2D eigenvalue weighted by atomic mass is 16.5. The quantitative estimate of drug-likeness (QED) is 0.442. The molecule has 4 rings (SSSR count). The number of aryl methyl sites for hydroxylation is 1. The smallest absolute Gasteiger partial charge is 0.108 e. The van der Waals surface area contributed by atoms with Crippen molar-refractivity contribution < 1.29 is 4.74 Å². The zero-order chi connectivity index (χ0) is 21.1. The Morgan fingerprint density at radius 1 is 0.677 bits per heavy atom. The maximum atomic E-state index is 6.43. The fraction of sp³-hybridized carbons (Fsp3) is 0.357. The number of ether oxygens (including phenoxy) is 1. The highest BCUT2D eigenvalue weighted by Crippen LogP contribution is 2.25. The standard InChI is InChI=1S/C28H34N2O/c1-4-12-25(13-5-1)14-10-19-29-20-11-21-30(24-29)22-23-31-28(26-15-6-2-7-16-26)27-17-8-3-9-18-27/h1-9,12-13,15-18,28H,10-11,14,19-24H2. The molecule has 0 radical (unpaired) electrons. The summed E-state index contributed by atoms with van der Waals surface area (Å²) < 4.78 is 6.43. The Labute approximate surface area is 187 Å². The van der Waals surface area contributed by atoms with E-state index in [1.807, 2.05) is 0 Å². The van der Waals surface area contributed by atoms with Crippen LogP contribution in [0.4, 0.5) is 0 Å². The summed E-state index contributed by atoms with van der Waals surface area (Å²) in [5.74, 6) is 0. The summed E-state index contributed by atoms with van der Waals surface area (Å²) in [6.45, 7) is 6.32. The maximum absolute atomic E-state index is 6.43. The zero-order valence-electron chi connectivity index (χ0n) is 18.4. The molecule has 0 saturated carbocycles. The number of rotatable bonds is 10. The fourth-order valence-corrected chi connectivity index (χ4v) is 4.40. The Balaban J connectivity index is 1.25. The average molecular weight is 415 g/mol. The van der Waals surface area contributed by atoms with E-state index in [9.17, 15) is 0 Å². The molecule has 3 heteroatoms. The minimum absolute atomic E-state index is 0.00540. The van der Waals surface area contributed by atoms with Gasteiger partial charge >= 0.3 is 0 Å². The summed E-state index contributed by atoms with van der Waals surface area (Å²) in [6.07, 6.45) is 3.62. The molecule has 0 unspecified atom stereocenters. The highest BCUT2D eigenvalue weighted by Gasteiger charge is 2.19. The van der Waals surface area contributed by atoms with Gasteiger partial charge in [0, 0.05) is 19.6 Å². The third kappa shape index (κ3) is 6.76. The van der Waals surface area contributed by atoms with Crippen LogP contribution >= 0.6 is 0 Å². The second kappa shape index (κ2) is 11.8. The monoisotopic (exact) mass is 414 g/mol. The summed E-state index contributed by atoms with van der Waals surface area (Å²) in [5, 5.41) is 0. The van der Waals surface area contributed by atoms with Gasteiger partial charge in [-0.2, -0.15) is 0 Å². The van der Waals surface area contributed by atoms with Crippen molar-refractivity contribution in [2.45, 2.75) is 25.4 Å². The molecule has 0 aliphatic carbocycles. The van der Waals surface area contributed by atoms with Crippen LogP contribution in [0.5, 0.6) is 0 Å². The van der Waals surface area contributed by atoms with Crippen LogP contribution < -0.4 is 0 Å². The lowest BCUT2D eigenvalue weighted by atomic mass is 10.0. The topological polar surface area (TPSA) is 15.7 Å². The molecule has 0 N–H and O–H groups in total. The third-order valence-corrected chi connectivity index (χ3v) is 6.03. The van der Waals surface area contributed by atoms with Crippen LogP contribution in [-0.2, 0) is 11.2 Å². The third-order valence-electron chi connectivity index (χ3n) is 6.03. The van der Waals surface area contributed by atoms with Crippen molar-refractivity contribution in [1.82, 2.24) is 9.80 Å². The lowest BCUT2D eigenvalue weighted by Gasteiger charge is -2.35. The van der Waals surface area contributed by atoms with Crippen molar-refractivity contribution in [3.8, 4) is 0 Å². The number of nitrogens with zero attached hydrogens (tertiary/aromatic N) is 2. The van der Waals surface area contributed by atoms with E-state index in [0.717, 1.165) is 26.2 Å². The van der Waals surface area contributed by atoms with Crippen molar-refractivity contribution in [1.29, 1.82) is 0 Å². The summed E-state index contributed by atoms with van der Waals surface area (Å²) >= 11 is 0. The predicted molar refractivity (Wildman–Crippen MR) is 128 cm³/mol. The van der Waals surface area contributed by atoms with Crippen LogP contribution in [0.2, 0.25) is 0 Å². The fourth-order valence-electron chi connectivity index (χ4n) is 4.40. The Morgan fingerprint density at radius 2 is 1.23 bits per heavy atom. The van der Waals surface area contributed by atoms with Crippen molar-refractivity contribution in [3.63, 3.8) is 0 Å². The van der Waals surface area contributed by atoms with E-state index in [2.05, 4.69) is 101 Å². The SMILES string of the molecule is c1ccc(CCCN2CCCN(CCOC(c3ccccc3)c3ccccc3)C2)cc1. The second-order valence-electron chi connectivity index (χ2n) is 8.39. The summed E-state index contributed by atoms with van der Waals surface area (Å²) in [6, 6.07) is 31.9. The number of benzene rings is 3. The van der Waals surface area contributed by atoms with E-state index in [0.29, 0.717) is 0 Å². The molecule has 1 fully saturated rings. The zero-order valence-corrected chi connectivity index (χ0v) is 18.4. The molecule has 31 heavy (non-hydrogen) atoms. The Kier molecular flexibility index (Phi) is 8.29. The van der Waals surface area contributed by atoms with Crippen LogP contribution in [0.3, 0.4) is 0 Å². The lowest BCUT2D eigenvalue weighted by molar-refractivity contribution is 0.0273. The first kappa shape index (κ1) is 21.8. The molecule has 3 aromatic carbocycles. The summed E-state index contributed by atoms with van der Waals surface area (Å²) in [4.78, 5) is 5.14. The van der Waals surface area contributed by atoms with Gasteiger partial charge in [-0.3, -0.25) is 9.80 Å². The van der Waals surface area contributed by atoms with Crippen LogP contribution in [-0.4, -0.2) is 49.3 Å². The largest absolute Gasteiger partial charge is 0.367 e. The first-order valence-corrected chi connectivity index (χ1v) is 11.6. The summed E-state index contributed by atoms with van der Waals surface area (Å²) in [7, 11) is 0. The predicted octanol–water partition coefficient (Wildman–Crippen LogP) is 5.39. The molecule has 3 aromatic rings. The molecule has 0 amide bonds. The maximum Gasteiger partial charge on any atom is 0.108 e. The first-order valence-electron chi connectivity index (χ1n) is 11.6. The van der Waals surface area contributed by atoms with Crippen LogP contribution in [0.1, 0.15) is 35.6 Å². The van der Waals surface area contributed by atoms with E-state index >= 15 is 0 Å². The van der Waals surface area contributed by atoms with Crippen LogP contribution in [0.15, 0.2) is 91.0 Å². The van der Waals surface area contributed by atoms with Crippen molar-refractivity contribution >= 4 is 0 Å². The van der Waals surface area contributed by atoms with E-state index < -0.39 is 0 Å². The van der Waals surface area contributed by atoms with E-state index in [4.69, 9.17) is 4.74 Å². The highest BCUT2D eigenvalue weighted by molar-refractivity contribution is 5.29. The van der Waals surface area contributed by atoms with Crippen molar-refractivity contribution in [2.75, 3.05) is 39.5 Å². The van der Waals surface area contributed by atoms with Gasteiger partial charge in [-0.15, -0.1) is 0 Å².